The molecule has 1 fully saturated rings. The number of allylic oxidation sites excluding steroid dienone is 1. The number of terminal acetylenes is 1. The highest BCUT2D eigenvalue weighted by Crippen LogP contribution is 2.42. The van der Waals surface area contributed by atoms with Crippen molar-refractivity contribution in [2.75, 3.05) is 6.61 Å². The average molecular weight is 163 g/mol. The molecule has 0 aromatic rings. The first-order valence-electron chi connectivity index (χ1n) is 4.39. The average Bonchev–Trinajstić information content (AvgIpc) is 2.41. The van der Waals surface area contributed by atoms with Gasteiger partial charge >= 0.3 is 0 Å². The van der Waals surface area contributed by atoms with E-state index in [9.17, 15) is 0 Å². The van der Waals surface area contributed by atoms with E-state index in [1.807, 2.05) is 0 Å². The Hall–Kier alpha value is -0.780. The van der Waals surface area contributed by atoms with Crippen LogP contribution in [0, 0.1) is 24.2 Å². The number of hydrogen-bond donors (Lipinski definition) is 1. The van der Waals surface area contributed by atoms with E-state index in [1.54, 1.807) is 0 Å². The maximum absolute atomic E-state index is 5.07. The quantitative estimate of drug-likeness (QED) is 0.291. The van der Waals surface area contributed by atoms with Crippen LogP contribution in [0.2, 0.25) is 0 Å². The van der Waals surface area contributed by atoms with Crippen molar-refractivity contribution in [2.24, 2.45) is 11.8 Å². The normalized spacial score (nSPS) is 37.1. The van der Waals surface area contributed by atoms with Crippen LogP contribution in [0.5, 0.6) is 0 Å². The third-order valence-electron chi connectivity index (χ3n) is 2.75. The second kappa shape index (κ2) is 3.30. The van der Waals surface area contributed by atoms with Gasteiger partial charge in [0.05, 0.1) is 0 Å². The summed E-state index contributed by atoms with van der Waals surface area (Å²) in [5, 5.41) is 0. The van der Waals surface area contributed by atoms with Crippen LogP contribution in [0.15, 0.2) is 12.2 Å². The van der Waals surface area contributed by atoms with Crippen LogP contribution in [0.25, 0.3) is 0 Å². The minimum Gasteiger partial charge on any atom is -0.289 e. The van der Waals surface area contributed by atoms with Gasteiger partial charge in [-0.3, -0.25) is 4.84 Å². The van der Waals surface area contributed by atoms with Crippen LogP contribution in [-0.2, 0) is 4.84 Å². The molecular weight excluding hydrogens is 150 g/mol. The zero-order valence-corrected chi connectivity index (χ0v) is 6.99. The first kappa shape index (κ1) is 7.85. The molecular formula is C10H13NO. The highest BCUT2D eigenvalue weighted by atomic mass is 16.6. The summed E-state index contributed by atoms with van der Waals surface area (Å²) >= 11 is 0. The molecule has 0 amide bonds. The molecule has 2 aliphatic carbocycles. The van der Waals surface area contributed by atoms with Crippen molar-refractivity contribution < 1.29 is 4.84 Å². The van der Waals surface area contributed by atoms with Crippen molar-refractivity contribution in [1.82, 2.24) is 5.48 Å². The first-order chi connectivity index (χ1) is 5.92. The molecule has 0 radical (unpaired) electrons. The van der Waals surface area contributed by atoms with Crippen LogP contribution < -0.4 is 5.48 Å². The third kappa shape index (κ3) is 1.26. The summed E-state index contributed by atoms with van der Waals surface area (Å²) in [6.45, 7) is 0.359. The van der Waals surface area contributed by atoms with Gasteiger partial charge in [0.25, 0.3) is 0 Å². The van der Waals surface area contributed by atoms with Gasteiger partial charge in [-0.2, -0.15) is 5.48 Å². The Morgan fingerprint density at radius 3 is 3.33 bits per heavy atom. The fourth-order valence-corrected chi connectivity index (χ4v) is 2.05. The second-order valence-electron chi connectivity index (χ2n) is 3.45. The van der Waals surface area contributed by atoms with Gasteiger partial charge in [0.2, 0.25) is 0 Å². The molecule has 0 aromatic heterocycles. The zero-order chi connectivity index (χ0) is 8.39. The molecule has 0 bridgehead atoms. The summed E-state index contributed by atoms with van der Waals surface area (Å²) in [5.74, 6) is 4.00. The molecule has 2 heteroatoms. The van der Waals surface area contributed by atoms with Gasteiger partial charge < -0.3 is 0 Å². The topological polar surface area (TPSA) is 21.3 Å². The van der Waals surface area contributed by atoms with Crippen molar-refractivity contribution in [3.63, 3.8) is 0 Å². The Balaban J connectivity index is 1.71. The minimum absolute atomic E-state index is 0.359. The molecule has 2 nitrogen and oxygen atoms in total. The number of hydrogen-bond acceptors (Lipinski definition) is 2. The van der Waals surface area contributed by atoms with Gasteiger partial charge in [-0.25, -0.2) is 0 Å². The van der Waals surface area contributed by atoms with Gasteiger partial charge in [0.1, 0.15) is 6.61 Å². The van der Waals surface area contributed by atoms with Gasteiger partial charge in [-0.15, -0.1) is 6.42 Å². The predicted molar refractivity (Wildman–Crippen MR) is 47.1 cm³/mol. The molecule has 2 aliphatic rings. The highest BCUT2D eigenvalue weighted by molar-refractivity contribution is 5.12. The summed E-state index contributed by atoms with van der Waals surface area (Å²) in [5.41, 5.74) is 3.00. The Labute approximate surface area is 72.9 Å². The van der Waals surface area contributed by atoms with E-state index in [-0.39, 0.29) is 0 Å². The fraction of sp³-hybridized carbons (Fsp3) is 0.600. The fourth-order valence-electron chi connectivity index (χ4n) is 2.05. The molecule has 12 heavy (non-hydrogen) atoms. The lowest BCUT2D eigenvalue weighted by atomic mass is 9.72. The van der Waals surface area contributed by atoms with Crippen LogP contribution in [0.3, 0.4) is 0 Å². The van der Waals surface area contributed by atoms with Crippen molar-refractivity contribution in [1.29, 1.82) is 0 Å². The maximum Gasteiger partial charge on any atom is 0.128 e. The SMILES string of the molecule is C#CCONC1CC2CC=CC21. The van der Waals surface area contributed by atoms with E-state index in [1.165, 1.54) is 12.8 Å². The first-order valence-corrected chi connectivity index (χ1v) is 4.39. The maximum atomic E-state index is 5.07. The lowest BCUT2D eigenvalue weighted by Crippen LogP contribution is -2.47. The van der Waals surface area contributed by atoms with Crippen LogP contribution >= 0.6 is 0 Å². The molecule has 0 spiro atoms. The van der Waals surface area contributed by atoms with Gasteiger partial charge in [0.15, 0.2) is 0 Å². The highest BCUT2D eigenvalue weighted by Gasteiger charge is 2.40. The van der Waals surface area contributed by atoms with Crippen molar-refractivity contribution in [3.05, 3.63) is 12.2 Å². The molecule has 1 saturated carbocycles. The van der Waals surface area contributed by atoms with E-state index >= 15 is 0 Å². The second-order valence-corrected chi connectivity index (χ2v) is 3.45. The lowest BCUT2D eigenvalue weighted by molar-refractivity contribution is -0.0202. The predicted octanol–water partition coefficient (Wildman–Crippen LogP) is 1.11. The molecule has 0 aliphatic heterocycles. The number of hydroxylamine groups is 1. The minimum atomic E-state index is 0.359. The lowest BCUT2D eigenvalue weighted by Gasteiger charge is -2.39. The monoisotopic (exact) mass is 163 g/mol. The number of rotatable bonds is 3. The molecule has 3 atom stereocenters. The third-order valence-corrected chi connectivity index (χ3v) is 2.75. The van der Waals surface area contributed by atoms with Gasteiger partial charge in [-0.1, -0.05) is 18.1 Å². The van der Waals surface area contributed by atoms with Crippen molar-refractivity contribution >= 4 is 0 Å². The van der Waals surface area contributed by atoms with E-state index in [0.29, 0.717) is 18.6 Å². The van der Waals surface area contributed by atoms with E-state index in [0.717, 1.165) is 5.92 Å². The Kier molecular flexibility index (Phi) is 2.16. The molecule has 1 N–H and O–H groups in total. The molecule has 2 rings (SSSR count). The van der Waals surface area contributed by atoms with Gasteiger partial charge in [0, 0.05) is 6.04 Å². The standard InChI is InChI=1S/C10H13NO/c1-2-6-12-11-10-7-8-4-3-5-9(8)10/h1,3,5,8-11H,4,6-7H2. The van der Waals surface area contributed by atoms with Crippen LogP contribution in [0.4, 0.5) is 0 Å². The molecule has 0 aromatic carbocycles. The molecule has 3 unspecified atom stereocenters. The number of fused-ring (bicyclic) bond motifs is 1. The zero-order valence-electron chi connectivity index (χ0n) is 6.99. The van der Waals surface area contributed by atoms with Gasteiger partial charge in [-0.05, 0) is 24.7 Å². The van der Waals surface area contributed by atoms with E-state index < -0.39 is 0 Å². The summed E-state index contributed by atoms with van der Waals surface area (Å²) in [6, 6.07) is 0.502. The number of nitrogens with one attached hydrogen (secondary N) is 1. The summed E-state index contributed by atoms with van der Waals surface area (Å²) in [7, 11) is 0. The Morgan fingerprint density at radius 2 is 2.58 bits per heavy atom. The smallest absolute Gasteiger partial charge is 0.128 e. The van der Waals surface area contributed by atoms with Crippen LogP contribution in [0.1, 0.15) is 12.8 Å². The molecule has 64 valence electrons. The summed E-state index contributed by atoms with van der Waals surface area (Å²) in [6.07, 6.45) is 12.1. The molecule has 0 saturated heterocycles. The van der Waals surface area contributed by atoms with E-state index in [4.69, 9.17) is 11.3 Å². The Morgan fingerprint density at radius 1 is 1.67 bits per heavy atom. The van der Waals surface area contributed by atoms with Crippen molar-refractivity contribution in [2.45, 2.75) is 18.9 Å². The van der Waals surface area contributed by atoms with Crippen molar-refractivity contribution in [3.8, 4) is 12.3 Å². The summed E-state index contributed by atoms with van der Waals surface area (Å²) in [4.78, 5) is 5.07. The Bertz CT molecular complexity index is 228. The largest absolute Gasteiger partial charge is 0.289 e. The molecule has 0 heterocycles. The summed E-state index contributed by atoms with van der Waals surface area (Å²) < 4.78 is 0. The van der Waals surface area contributed by atoms with Crippen LogP contribution in [-0.4, -0.2) is 12.6 Å². The van der Waals surface area contributed by atoms with E-state index in [2.05, 4.69) is 23.6 Å².